The molecule has 0 aliphatic heterocycles. The van der Waals surface area contributed by atoms with Crippen molar-refractivity contribution in [3.8, 4) is 0 Å². The maximum absolute atomic E-state index is 11.1. The third kappa shape index (κ3) is 2.30. The summed E-state index contributed by atoms with van der Waals surface area (Å²) in [6, 6.07) is 0. The quantitative estimate of drug-likeness (QED) is 0.570. The lowest BCUT2D eigenvalue weighted by Gasteiger charge is -2.00. The molecule has 0 atom stereocenters. The Balaban J connectivity index is 2.66. The first kappa shape index (κ1) is 9.70. The Morgan fingerprint density at radius 2 is 2.58 bits per heavy atom. The predicted molar refractivity (Wildman–Crippen MR) is 50.6 cm³/mol. The highest BCUT2D eigenvalue weighted by Crippen LogP contribution is 2.03. The number of hydrogen-bond donors (Lipinski definition) is 0. The number of alkyl halides is 1. The van der Waals surface area contributed by atoms with Crippen molar-refractivity contribution >= 4 is 41.2 Å². The van der Waals surface area contributed by atoms with E-state index in [0.29, 0.717) is 9.83 Å². The number of carbonyl (C=O) groups excluding carboxylic acids is 1. The van der Waals surface area contributed by atoms with Gasteiger partial charge >= 0.3 is 6.09 Å². The van der Waals surface area contributed by atoms with Crippen LogP contribution in [-0.4, -0.2) is 23.1 Å². The van der Waals surface area contributed by atoms with Gasteiger partial charge in [0.1, 0.15) is 6.61 Å². The van der Waals surface area contributed by atoms with E-state index in [4.69, 9.17) is 28.6 Å². The summed E-state index contributed by atoms with van der Waals surface area (Å²) < 4.78 is 6.50. The van der Waals surface area contributed by atoms with Gasteiger partial charge in [-0.25, -0.2) is 9.36 Å². The van der Waals surface area contributed by atoms with Crippen LogP contribution in [0.4, 0.5) is 4.79 Å². The topological polar surface area (TPSA) is 31.2 Å². The number of carbonyl (C=O) groups is 1. The van der Waals surface area contributed by atoms with Crippen molar-refractivity contribution in [2.24, 2.45) is 0 Å². The highest BCUT2D eigenvalue weighted by Gasteiger charge is 2.05. The maximum Gasteiger partial charge on any atom is 0.419 e. The fourth-order valence-corrected chi connectivity index (χ4v) is 1.53. The molecule has 0 aromatic carbocycles. The number of ether oxygens (including phenoxy) is 1. The fraction of sp³-hybridized carbons (Fsp3) is 0.333. The second-order valence-electron chi connectivity index (χ2n) is 1.84. The molecule has 0 bridgehead atoms. The van der Waals surface area contributed by atoms with Crippen molar-refractivity contribution in [3.05, 3.63) is 15.5 Å². The first-order valence-electron chi connectivity index (χ1n) is 3.15. The van der Waals surface area contributed by atoms with Crippen molar-refractivity contribution in [2.75, 3.05) is 12.5 Å². The zero-order valence-electron chi connectivity index (χ0n) is 6.03. The first-order valence-corrected chi connectivity index (χ1v) is 4.97. The lowest BCUT2D eigenvalue weighted by Crippen LogP contribution is -2.13. The van der Waals surface area contributed by atoms with Gasteiger partial charge in [-0.2, -0.15) is 0 Å². The highest BCUT2D eigenvalue weighted by atomic mass is 35.5. The standard InChI is InChI=1S/C6H6ClNO2S2/c7-1-3-10-5(9)8-2-4-12-6(8)11/h2,4H,1,3H2. The molecular weight excluding hydrogens is 218 g/mol. The largest absolute Gasteiger partial charge is 0.448 e. The van der Waals surface area contributed by atoms with Gasteiger partial charge in [0, 0.05) is 11.6 Å². The number of nitrogens with zero attached hydrogens (tertiary/aromatic N) is 1. The molecular formula is C6H6ClNO2S2. The Labute approximate surface area is 83.5 Å². The van der Waals surface area contributed by atoms with Crippen molar-refractivity contribution in [1.29, 1.82) is 0 Å². The molecule has 1 heterocycles. The molecule has 0 amide bonds. The average molecular weight is 224 g/mol. The van der Waals surface area contributed by atoms with Crippen LogP contribution in [0.3, 0.4) is 0 Å². The normalized spacial score (nSPS) is 9.75. The summed E-state index contributed by atoms with van der Waals surface area (Å²) in [5.41, 5.74) is 0. The molecule has 6 heteroatoms. The van der Waals surface area contributed by atoms with Gasteiger partial charge in [-0.3, -0.25) is 0 Å². The highest BCUT2D eigenvalue weighted by molar-refractivity contribution is 7.73. The van der Waals surface area contributed by atoms with E-state index in [2.05, 4.69) is 0 Å². The molecule has 1 rings (SSSR count). The molecule has 0 unspecified atom stereocenters. The van der Waals surface area contributed by atoms with E-state index in [1.807, 2.05) is 0 Å². The Kier molecular flexibility index (Phi) is 3.71. The minimum Gasteiger partial charge on any atom is -0.448 e. The molecule has 0 radical (unpaired) electrons. The summed E-state index contributed by atoms with van der Waals surface area (Å²) in [5.74, 6) is 0.295. The molecule has 0 saturated heterocycles. The summed E-state index contributed by atoms with van der Waals surface area (Å²) in [6.07, 6.45) is 1.10. The summed E-state index contributed by atoms with van der Waals surface area (Å²) in [4.78, 5) is 11.1. The third-order valence-electron chi connectivity index (χ3n) is 1.07. The molecule has 3 nitrogen and oxygen atoms in total. The van der Waals surface area contributed by atoms with E-state index >= 15 is 0 Å². The van der Waals surface area contributed by atoms with Crippen LogP contribution in [0.5, 0.6) is 0 Å². The average Bonchev–Trinajstić information content (AvgIpc) is 2.47. The molecule has 0 aliphatic carbocycles. The van der Waals surface area contributed by atoms with E-state index < -0.39 is 6.09 Å². The molecule has 0 aliphatic rings. The smallest absolute Gasteiger partial charge is 0.419 e. The first-order chi connectivity index (χ1) is 5.75. The van der Waals surface area contributed by atoms with Crippen LogP contribution < -0.4 is 0 Å². The van der Waals surface area contributed by atoms with Crippen molar-refractivity contribution in [3.63, 3.8) is 0 Å². The number of rotatable bonds is 2. The number of halogens is 1. The number of aromatic nitrogens is 1. The van der Waals surface area contributed by atoms with Gasteiger partial charge in [0.05, 0.1) is 5.88 Å². The Hall–Kier alpha value is -0.390. The van der Waals surface area contributed by atoms with Gasteiger partial charge in [0.15, 0.2) is 3.95 Å². The van der Waals surface area contributed by atoms with Crippen LogP contribution in [0.15, 0.2) is 11.6 Å². The third-order valence-corrected chi connectivity index (χ3v) is 2.37. The van der Waals surface area contributed by atoms with Crippen molar-refractivity contribution in [1.82, 2.24) is 4.57 Å². The predicted octanol–water partition coefficient (Wildman–Crippen LogP) is 2.50. The van der Waals surface area contributed by atoms with Gasteiger partial charge in [-0.05, 0) is 12.2 Å². The van der Waals surface area contributed by atoms with E-state index in [-0.39, 0.29) is 6.61 Å². The van der Waals surface area contributed by atoms with Crippen LogP contribution in [-0.2, 0) is 4.74 Å². The van der Waals surface area contributed by atoms with E-state index in [1.54, 1.807) is 11.6 Å². The lowest BCUT2D eigenvalue weighted by atomic mass is 10.8. The van der Waals surface area contributed by atoms with E-state index in [1.165, 1.54) is 15.9 Å². The van der Waals surface area contributed by atoms with Gasteiger partial charge in [-0.1, -0.05) is 0 Å². The molecule has 12 heavy (non-hydrogen) atoms. The van der Waals surface area contributed by atoms with Crippen LogP contribution >= 0.6 is 35.2 Å². The fourth-order valence-electron chi connectivity index (χ4n) is 0.598. The minimum atomic E-state index is -0.470. The molecule has 1 aromatic rings. The van der Waals surface area contributed by atoms with E-state index in [9.17, 15) is 4.79 Å². The molecule has 0 fully saturated rings. The second kappa shape index (κ2) is 4.59. The molecule has 0 spiro atoms. The molecule has 66 valence electrons. The number of hydrogen-bond acceptors (Lipinski definition) is 4. The monoisotopic (exact) mass is 223 g/mol. The number of thiazole rings is 1. The van der Waals surface area contributed by atoms with E-state index in [0.717, 1.165) is 0 Å². The summed E-state index contributed by atoms with van der Waals surface area (Å²) >= 11 is 11.5. The SMILES string of the molecule is O=C(OCCCl)n1ccsc1=S. The Bertz CT molecular complexity index is 319. The van der Waals surface area contributed by atoms with Gasteiger partial charge in [0.25, 0.3) is 0 Å². The molecule has 0 saturated carbocycles. The summed E-state index contributed by atoms with van der Waals surface area (Å²) in [5, 5.41) is 1.73. The maximum atomic E-state index is 11.1. The lowest BCUT2D eigenvalue weighted by molar-refractivity contribution is 0.154. The minimum absolute atomic E-state index is 0.206. The van der Waals surface area contributed by atoms with Crippen LogP contribution in [0.25, 0.3) is 0 Å². The van der Waals surface area contributed by atoms with Crippen LogP contribution in [0.2, 0.25) is 0 Å². The van der Waals surface area contributed by atoms with Crippen LogP contribution in [0, 0.1) is 3.95 Å². The van der Waals surface area contributed by atoms with Crippen LogP contribution in [0.1, 0.15) is 0 Å². The zero-order valence-corrected chi connectivity index (χ0v) is 8.42. The van der Waals surface area contributed by atoms with Crippen molar-refractivity contribution < 1.29 is 9.53 Å². The van der Waals surface area contributed by atoms with Gasteiger partial charge in [-0.15, -0.1) is 22.9 Å². The summed E-state index contributed by atoms with van der Waals surface area (Å²) in [7, 11) is 0. The summed E-state index contributed by atoms with van der Waals surface area (Å²) in [6.45, 7) is 0.206. The zero-order chi connectivity index (χ0) is 8.97. The second-order valence-corrected chi connectivity index (χ2v) is 3.76. The Morgan fingerprint density at radius 1 is 1.83 bits per heavy atom. The van der Waals surface area contributed by atoms with Crippen molar-refractivity contribution in [2.45, 2.75) is 0 Å². The van der Waals surface area contributed by atoms with Gasteiger partial charge < -0.3 is 4.74 Å². The molecule has 0 N–H and O–H groups in total. The molecule has 1 aromatic heterocycles. The Morgan fingerprint density at radius 3 is 3.08 bits per heavy atom. The van der Waals surface area contributed by atoms with Gasteiger partial charge in [0.2, 0.25) is 0 Å².